The molecule has 1 aromatic carbocycles. The highest BCUT2D eigenvalue weighted by molar-refractivity contribution is 6.03. The van der Waals surface area contributed by atoms with Crippen LogP contribution in [0.4, 0.5) is 5.82 Å². The van der Waals surface area contributed by atoms with Crippen LogP contribution >= 0.6 is 0 Å². The predicted octanol–water partition coefficient (Wildman–Crippen LogP) is 4.20. The summed E-state index contributed by atoms with van der Waals surface area (Å²) in [7, 11) is 1.60. The highest BCUT2D eigenvalue weighted by atomic mass is 16.5. The van der Waals surface area contributed by atoms with Gasteiger partial charge in [0.15, 0.2) is 0 Å². The summed E-state index contributed by atoms with van der Waals surface area (Å²) in [6, 6.07) is 8.99. The number of hydrogen-bond donors (Lipinski definition) is 1. The minimum Gasteiger partial charge on any atom is -0.497 e. The molecule has 0 radical (unpaired) electrons. The van der Waals surface area contributed by atoms with Crippen molar-refractivity contribution in [3.05, 3.63) is 41.6 Å². The Bertz CT molecular complexity index is 717. The van der Waals surface area contributed by atoms with E-state index in [9.17, 15) is 4.79 Å². The monoisotopic (exact) mass is 329 g/mol. The van der Waals surface area contributed by atoms with Crippen molar-refractivity contribution in [1.29, 1.82) is 0 Å². The van der Waals surface area contributed by atoms with Crippen LogP contribution in [0.25, 0.3) is 0 Å². The lowest BCUT2D eigenvalue weighted by molar-refractivity contribution is 0.102. The number of nitrogens with zero attached hydrogens (tertiary/aromatic N) is 2. The van der Waals surface area contributed by atoms with E-state index in [4.69, 9.17) is 9.84 Å². The van der Waals surface area contributed by atoms with Crippen molar-refractivity contribution in [3.63, 3.8) is 0 Å². The maximum atomic E-state index is 12.6. The predicted molar refractivity (Wildman–Crippen MR) is 96.9 cm³/mol. The van der Waals surface area contributed by atoms with Crippen LogP contribution < -0.4 is 10.1 Å². The SMILES string of the molecule is COc1ccc(C(=O)Nc2cc(C(C)(C)C)nn2C(C)(C)C)cc1. The third kappa shape index (κ3) is 3.96. The molecule has 0 unspecified atom stereocenters. The summed E-state index contributed by atoms with van der Waals surface area (Å²) < 4.78 is 7.00. The van der Waals surface area contributed by atoms with Gasteiger partial charge in [0.2, 0.25) is 0 Å². The van der Waals surface area contributed by atoms with Gasteiger partial charge in [-0.25, -0.2) is 4.68 Å². The highest BCUT2D eigenvalue weighted by Gasteiger charge is 2.25. The summed E-state index contributed by atoms with van der Waals surface area (Å²) in [6.07, 6.45) is 0. The lowest BCUT2D eigenvalue weighted by Crippen LogP contribution is -2.27. The largest absolute Gasteiger partial charge is 0.497 e. The van der Waals surface area contributed by atoms with Gasteiger partial charge in [-0.2, -0.15) is 5.10 Å². The fourth-order valence-electron chi connectivity index (χ4n) is 2.28. The number of nitrogens with one attached hydrogen (secondary N) is 1. The summed E-state index contributed by atoms with van der Waals surface area (Å²) in [5.74, 6) is 1.26. The molecule has 24 heavy (non-hydrogen) atoms. The Labute approximate surface area is 144 Å². The van der Waals surface area contributed by atoms with Crippen molar-refractivity contribution in [3.8, 4) is 5.75 Å². The Hall–Kier alpha value is -2.30. The van der Waals surface area contributed by atoms with Gasteiger partial charge < -0.3 is 10.1 Å². The molecule has 5 nitrogen and oxygen atoms in total. The van der Waals surface area contributed by atoms with Crippen LogP contribution in [-0.4, -0.2) is 22.8 Å². The van der Waals surface area contributed by atoms with Gasteiger partial charge >= 0.3 is 0 Å². The summed E-state index contributed by atoms with van der Waals surface area (Å²) >= 11 is 0. The van der Waals surface area contributed by atoms with E-state index in [1.807, 2.05) is 10.7 Å². The number of rotatable bonds is 3. The van der Waals surface area contributed by atoms with Gasteiger partial charge in [-0.1, -0.05) is 20.8 Å². The molecule has 0 saturated carbocycles. The minimum atomic E-state index is -0.230. The summed E-state index contributed by atoms with van der Waals surface area (Å²) in [5, 5.41) is 7.69. The molecular weight excluding hydrogens is 302 g/mol. The third-order valence-electron chi connectivity index (χ3n) is 3.71. The molecule has 1 amide bonds. The second-order valence-corrected chi connectivity index (χ2v) is 7.93. The molecular formula is C19H27N3O2. The normalized spacial score (nSPS) is 12.1. The number of hydrogen-bond acceptors (Lipinski definition) is 3. The second-order valence-electron chi connectivity index (χ2n) is 7.93. The first-order chi connectivity index (χ1) is 11.0. The molecule has 0 aliphatic heterocycles. The topological polar surface area (TPSA) is 56.1 Å². The molecule has 5 heteroatoms. The molecule has 1 heterocycles. The van der Waals surface area contributed by atoms with E-state index < -0.39 is 0 Å². The fourth-order valence-corrected chi connectivity index (χ4v) is 2.28. The van der Waals surface area contributed by atoms with Gasteiger partial charge in [0.25, 0.3) is 5.91 Å². The number of methoxy groups -OCH3 is 1. The van der Waals surface area contributed by atoms with Gasteiger partial charge in [0, 0.05) is 17.0 Å². The van der Waals surface area contributed by atoms with Crippen molar-refractivity contribution < 1.29 is 9.53 Å². The lowest BCUT2D eigenvalue weighted by Gasteiger charge is -2.23. The van der Waals surface area contributed by atoms with Crippen LogP contribution in [0.5, 0.6) is 5.75 Å². The Balaban J connectivity index is 2.33. The first kappa shape index (κ1) is 18.0. The molecule has 2 aromatic rings. The number of aromatic nitrogens is 2. The van der Waals surface area contributed by atoms with E-state index in [0.717, 1.165) is 11.4 Å². The van der Waals surface area contributed by atoms with Crippen molar-refractivity contribution in [2.75, 3.05) is 12.4 Å². The van der Waals surface area contributed by atoms with Gasteiger partial charge in [0.05, 0.1) is 18.3 Å². The number of carbonyl (C=O) groups is 1. The molecule has 0 atom stereocenters. The molecule has 0 spiro atoms. The van der Waals surface area contributed by atoms with Crippen molar-refractivity contribution in [2.24, 2.45) is 0 Å². The zero-order valence-corrected chi connectivity index (χ0v) is 15.6. The summed E-state index contributed by atoms with van der Waals surface area (Å²) in [4.78, 5) is 12.6. The zero-order valence-electron chi connectivity index (χ0n) is 15.6. The van der Waals surface area contributed by atoms with E-state index in [2.05, 4.69) is 46.9 Å². The molecule has 0 fully saturated rings. The number of ether oxygens (including phenoxy) is 1. The Morgan fingerprint density at radius 2 is 1.67 bits per heavy atom. The van der Waals surface area contributed by atoms with E-state index in [1.165, 1.54) is 0 Å². The maximum Gasteiger partial charge on any atom is 0.256 e. The lowest BCUT2D eigenvalue weighted by atomic mass is 9.92. The van der Waals surface area contributed by atoms with Crippen LogP contribution in [-0.2, 0) is 11.0 Å². The summed E-state index contributed by atoms with van der Waals surface area (Å²) in [6.45, 7) is 12.5. The molecule has 0 bridgehead atoms. The van der Waals surface area contributed by atoms with E-state index in [1.54, 1.807) is 31.4 Å². The van der Waals surface area contributed by atoms with Crippen molar-refractivity contribution >= 4 is 11.7 Å². The van der Waals surface area contributed by atoms with Gasteiger partial charge in [-0.05, 0) is 45.0 Å². The molecule has 0 saturated heterocycles. The van der Waals surface area contributed by atoms with Crippen LogP contribution in [0.2, 0.25) is 0 Å². The van der Waals surface area contributed by atoms with Crippen LogP contribution in [0.1, 0.15) is 57.6 Å². The molecule has 2 rings (SSSR count). The first-order valence-corrected chi connectivity index (χ1v) is 8.09. The highest BCUT2D eigenvalue weighted by Crippen LogP contribution is 2.28. The molecule has 1 N–H and O–H groups in total. The minimum absolute atomic E-state index is 0.0872. The number of carbonyl (C=O) groups excluding carboxylic acids is 1. The Kier molecular flexibility index (Phi) is 4.74. The number of anilines is 1. The Morgan fingerprint density at radius 3 is 2.12 bits per heavy atom. The van der Waals surface area contributed by atoms with Gasteiger partial charge in [-0.15, -0.1) is 0 Å². The number of benzene rings is 1. The first-order valence-electron chi connectivity index (χ1n) is 8.09. The average molecular weight is 329 g/mol. The molecule has 0 aliphatic carbocycles. The quantitative estimate of drug-likeness (QED) is 0.918. The molecule has 0 aliphatic rings. The van der Waals surface area contributed by atoms with Crippen molar-refractivity contribution in [2.45, 2.75) is 52.5 Å². The van der Waals surface area contributed by atoms with Crippen molar-refractivity contribution in [1.82, 2.24) is 9.78 Å². The van der Waals surface area contributed by atoms with Gasteiger partial charge in [-0.3, -0.25) is 4.79 Å². The molecule has 130 valence electrons. The number of amides is 1. The second kappa shape index (κ2) is 6.30. The summed E-state index contributed by atoms with van der Waals surface area (Å²) in [5.41, 5.74) is 1.21. The smallest absolute Gasteiger partial charge is 0.256 e. The fraction of sp³-hybridized carbons (Fsp3) is 0.474. The van der Waals surface area contributed by atoms with Gasteiger partial charge in [0.1, 0.15) is 11.6 Å². The van der Waals surface area contributed by atoms with E-state index >= 15 is 0 Å². The maximum absolute atomic E-state index is 12.6. The molecule has 1 aromatic heterocycles. The average Bonchev–Trinajstić information content (AvgIpc) is 2.91. The van der Waals surface area contributed by atoms with Crippen LogP contribution in [0.15, 0.2) is 30.3 Å². The van der Waals surface area contributed by atoms with Crippen LogP contribution in [0, 0.1) is 0 Å². The van der Waals surface area contributed by atoms with E-state index in [-0.39, 0.29) is 16.9 Å². The third-order valence-corrected chi connectivity index (χ3v) is 3.71. The van der Waals surface area contributed by atoms with E-state index in [0.29, 0.717) is 11.4 Å². The standard InChI is InChI=1S/C19H27N3O2/c1-18(2,3)15-12-16(22(21-15)19(4,5)6)20-17(23)13-8-10-14(24-7)11-9-13/h8-12H,1-7H3,(H,20,23). The zero-order chi connectivity index (χ0) is 18.1. The van der Waals surface area contributed by atoms with Crippen LogP contribution in [0.3, 0.4) is 0 Å². The Morgan fingerprint density at radius 1 is 1.08 bits per heavy atom.